The lowest BCUT2D eigenvalue weighted by molar-refractivity contribution is 0.0666. The average molecular weight is 410 g/mol. The number of halogens is 2. The highest BCUT2D eigenvalue weighted by Crippen LogP contribution is 2.32. The molecule has 1 aromatic carbocycles. The Balaban J connectivity index is 0.00000210. The summed E-state index contributed by atoms with van der Waals surface area (Å²) in [6, 6.07) is 5.93. The maximum Gasteiger partial charge on any atom is 0.256 e. The van der Waals surface area contributed by atoms with Crippen molar-refractivity contribution in [3.8, 4) is 0 Å². The summed E-state index contributed by atoms with van der Waals surface area (Å²) in [7, 11) is 2.11. The monoisotopic (exact) mass is 409 g/mol. The SMILES string of the molecule is CN1CCN(C(=O)c2cn(CC3CCCCC3)c3c(Cl)cccc23)CC1.Cl. The normalized spacial score (nSPS) is 19.3. The fraction of sp³-hybridized carbons (Fsp3) is 0.571. The van der Waals surface area contributed by atoms with E-state index >= 15 is 0 Å². The van der Waals surface area contributed by atoms with Gasteiger partial charge in [0.05, 0.1) is 16.1 Å². The number of carbonyl (C=O) groups excluding carboxylic acids is 1. The fourth-order valence-electron chi connectivity index (χ4n) is 4.46. The van der Waals surface area contributed by atoms with Gasteiger partial charge in [0.2, 0.25) is 0 Å². The molecule has 2 heterocycles. The molecule has 2 aromatic rings. The van der Waals surface area contributed by atoms with Crippen molar-refractivity contribution in [1.29, 1.82) is 0 Å². The highest BCUT2D eigenvalue weighted by molar-refractivity contribution is 6.35. The molecule has 1 aromatic heterocycles. The number of fused-ring (bicyclic) bond motifs is 1. The average Bonchev–Trinajstić information content (AvgIpc) is 3.02. The number of hydrogen-bond acceptors (Lipinski definition) is 2. The lowest BCUT2D eigenvalue weighted by Gasteiger charge is -2.32. The number of nitrogens with zero attached hydrogens (tertiary/aromatic N) is 3. The van der Waals surface area contributed by atoms with Crippen LogP contribution in [0.3, 0.4) is 0 Å². The van der Waals surface area contributed by atoms with Gasteiger partial charge in [-0.1, -0.05) is 43.0 Å². The van der Waals surface area contributed by atoms with Crippen molar-refractivity contribution < 1.29 is 4.79 Å². The van der Waals surface area contributed by atoms with Crippen LogP contribution < -0.4 is 0 Å². The van der Waals surface area contributed by atoms with Gasteiger partial charge in [0.25, 0.3) is 5.91 Å². The number of rotatable bonds is 3. The highest BCUT2D eigenvalue weighted by atomic mass is 35.5. The number of hydrogen-bond donors (Lipinski definition) is 0. The molecule has 2 fully saturated rings. The summed E-state index contributed by atoms with van der Waals surface area (Å²) in [6.45, 7) is 4.44. The van der Waals surface area contributed by atoms with E-state index in [1.807, 2.05) is 23.1 Å². The van der Waals surface area contributed by atoms with Crippen molar-refractivity contribution in [3.63, 3.8) is 0 Å². The summed E-state index contributed by atoms with van der Waals surface area (Å²) in [5.41, 5.74) is 1.83. The molecule has 148 valence electrons. The molecular formula is C21H29Cl2N3O. The third kappa shape index (κ3) is 4.28. The predicted molar refractivity (Wildman–Crippen MR) is 114 cm³/mol. The highest BCUT2D eigenvalue weighted by Gasteiger charge is 2.25. The zero-order chi connectivity index (χ0) is 18.1. The maximum absolute atomic E-state index is 13.2. The van der Waals surface area contributed by atoms with Gasteiger partial charge in [-0.25, -0.2) is 0 Å². The van der Waals surface area contributed by atoms with E-state index in [2.05, 4.69) is 22.7 Å². The molecule has 4 rings (SSSR count). The summed E-state index contributed by atoms with van der Waals surface area (Å²) in [6.07, 6.45) is 8.63. The van der Waals surface area contributed by atoms with Crippen LogP contribution >= 0.6 is 24.0 Å². The molecule has 0 atom stereocenters. The molecule has 1 saturated carbocycles. The molecule has 1 saturated heterocycles. The van der Waals surface area contributed by atoms with Crippen LogP contribution in [0.2, 0.25) is 5.02 Å². The van der Waals surface area contributed by atoms with Crippen LogP contribution in [0, 0.1) is 5.92 Å². The van der Waals surface area contributed by atoms with E-state index in [0.29, 0.717) is 5.92 Å². The first-order valence-electron chi connectivity index (χ1n) is 9.88. The third-order valence-electron chi connectivity index (χ3n) is 6.05. The smallest absolute Gasteiger partial charge is 0.256 e. The minimum absolute atomic E-state index is 0. The fourth-order valence-corrected chi connectivity index (χ4v) is 4.74. The number of benzene rings is 1. The molecule has 2 aliphatic rings. The van der Waals surface area contributed by atoms with Gasteiger partial charge in [0.15, 0.2) is 0 Å². The van der Waals surface area contributed by atoms with Crippen LogP contribution in [0.5, 0.6) is 0 Å². The lowest BCUT2D eigenvalue weighted by atomic mass is 9.89. The summed E-state index contributed by atoms with van der Waals surface area (Å²) >= 11 is 6.55. The number of likely N-dealkylation sites (N-methyl/N-ethyl adjacent to an activating group) is 1. The Morgan fingerprint density at radius 2 is 1.81 bits per heavy atom. The van der Waals surface area contributed by atoms with Crippen molar-refractivity contribution in [2.45, 2.75) is 38.6 Å². The largest absolute Gasteiger partial charge is 0.345 e. The van der Waals surface area contributed by atoms with Crippen LogP contribution in [0.15, 0.2) is 24.4 Å². The molecule has 0 spiro atoms. The standard InChI is InChI=1S/C21H28ClN3O.ClH/c1-23-10-12-24(13-11-23)21(26)18-15-25(14-16-6-3-2-4-7-16)20-17(18)8-5-9-19(20)22;/h5,8-9,15-16H,2-4,6-7,10-14H2,1H3;1H. The van der Waals surface area contributed by atoms with Crippen LogP contribution in [-0.4, -0.2) is 53.5 Å². The first kappa shape index (κ1) is 20.5. The Morgan fingerprint density at radius 3 is 2.52 bits per heavy atom. The van der Waals surface area contributed by atoms with Crippen molar-refractivity contribution in [2.24, 2.45) is 5.92 Å². The van der Waals surface area contributed by atoms with Crippen molar-refractivity contribution in [2.75, 3.05) is 33.2 Å². The molecule has 0 radical (unpaired) electrons. The minimum atomic E-state index is 0. The molecular weight excluding hydrogens is 381 g/mol. The Kier molecular flexibility index (Phi) is 6.72. The van der Waals surface area contributed by atoms with Crippen molar-refractivity contribution >= 4 is 40.8 Å². The first-order valence-corrected chi connectivity index (χ1v) is 10.3. The molecule has 1 amide bonds. The van der Waals surface area contributed by atoms with Gasteiger partial charge in [0, 0.05) is 44.3 Å². The van der Waals surface area contributed by atoms with Crippen molar-refractivity contribution in [3.05, 3.63) is 35.0 Å². The second-order valence-electron chi connectivity index (χ2n) is 7.93. The number of amides is 1. The lowest BCUT2D eigenvalue weighted by Crippen LogP contribution is -2.47. The number of para-hydroxylation sites is 1. The number of carbonyl (C=O) groups is 1. The van der Waals surface area contributed by atoms with E-state index in [-0.39, 0.29) is 18.3 Å². The van der Waals surface area contributed by atoms with E-state index in [4.69, 9.17) is 11.6 Å². The first-order chi connectivity index (χ1) is 12.6. The Labute approximate surface area is 172 Å². The molecule has 1 aliphatic heterocycles. The van der Waals surface area contributed by atoms with Gasteiger partial charge >= 0.3 is 0 Å². The zero-order valence-corrected chi connectivity index (χ0v) is 17.6. The van der Waals surface area contributed by atoms with E-state index in [1.54, 1.807) is 0 Å². The van der Waals surface area contributed by atoms with Gasteiger partial charge in [0.1, 0.15) is 0 Å². The van der Waals surface area contributed by atoms with Crippen LogP contribution in [-0.2, 0) is 6.54 Å². The van der Waals surface area contributed by atoms with E-state index in [1.165, 1.54) is 32.1 Å². The van der Waals surface area contributed by atoms with E-state index in [9.17, 15) is 4.79 Å². The summed E-state index contributed by atoms with van der Waals surface area (Å²) < 4.78 is 2.25. The number of aromatic nitrogens is 1. The second-order valence-corrected chi connectivity index (χ2v) is 8.34. The van der Waals surface area contributed by atoms with Crippen LogP contribution in [0.25, 0.3) is 10.9 Å². The molecule has 0 bridgehead atoms. The molecule has 0 N–H and O–H groups in total. The quantitative estimate of drug-likeness (QED) is 0.735. The molecule has 1 aliphatic carbocycles. The minimum Gasteiger partial charge on any atom is -0.345 e. The molecule has 4 nitrogen and oxygen atoms in total. The van der Waals surface area contributed by atoms with E-state index < -0.39 is 0 Å². The topological polar surface area (TPSA) is 28.5 Å². The summed E-state index contributed by atoms with van der Waals surface area (Å²) in [5, 5.41) is 1.74. The van der Waals surface area contributed by atoms with Gasteiger partial charge in [-0.05, 0) is 31.9 Å². The Bertz CT molecular complexity index is 790. The number of piperazine rings is 1. The van der Waals surface area contributed by atoms with Crippen LogP contribution in [0.1, 0.15) is 42.5 Å². The molecule has 27 heavy (non-hydrogen) atoms. The molecule has 0 unspecified atom stereocenters. The van der Waals surface area contributed by atoms with Crippen LogP contribution in [0.4, 0.5) is 0 Å². The maximum atomic E-state index is 13.2. The Morgan fingerprint density at radius 1 is 1.11 bits per heavy atom. The van der Waals surface area contributed by atoms with Gasteiger partial charge < -0.3 is 14.4 Å². The molecule has 6 heteroatoms. The van der Waals surface area contributed by atoms with Crippen molar-refractivity contribution in [1.82, 2.24) is 14.4 Å². The van der Waals surface area contributed by atoms with Gasteiger partial charge in [-0.2, -0.15) is 0 Å². The Hall–Kier alpha value is -1.23. The summed E-state index contributed by atoms with van der Waals surface area (Å²) in [5.74, 6) is 0.843. The third-order valence-corrected chi connectivity index (χ3v) is 6.35. The zero-order valence-electron chi connectivity index (χ0n) is 16.0. The second kappa shape index (κ2) is 8.85. The summed E-state index contributed by atoms with van der Waals surface area (Å²) in [4.78, 5) is 17.4. The van der Waals surface area contributed by atoms with Gasteiger partial charge in [-0.15, -0.1) is 12.4 Å². The predicted octanol–water partition coefficient (Wildman–Crippen LogP) is 4.68. The van der Waals surface area contributed by atoms with Gasteiger partial charge in [-0.3, -0.25) is 4.79 Å². The van der Waals surface area contributed by atoms with E-state index in [0.717, 1.165) is 54.2 Å².